The normalized spacial score (nSPS) is 21.4. The molecule has 2 N–H and O–H groups in total. The highest BCUT2D eigenvalue weighted by molar-refractivity contribution is 4.98. The summed E-state index contributed by atoms with van der Waals surface area (Å²) in [6.07, 6.45) is 7.81. The molecule has 0 radical (unpaired) electrons. The van der Waals surface area contributed by atoms with E-state index in [4.69, 9.17) is 5.73 Å². The number of rotatable bonds is 8. The summed E-state index contributed by atoms with van der Waals surface area (Å²) in [5.41, 5.74) is 7.09. The number of nitrogens with two attached hydrogens (primary N) is 1. The van der Waals surface area contributed by atoms with E-state index < -0.39 is 0 Å². The molecule has 1 aliphatic carbocycles. The fourth-order valence-corrected chi connectivity index (χ4v) is 3.46. The summed E-state index contributed by atoms with van der Waals surface area (Å²) in [5, 5.41) is 0. The largest absolute Gasteiger partial charge is 0.329 e. The van der Waals surface area contributed by atoms with Crippen LogP contribution in [0, 0.1) is 17.3 Å². The fourth-order valence-electron chi connectivity index (χ4n) is 3.46. The van der Waals surface area contributed by atoms with E-state index in [1.54, 1.807) is 0 Å². The molecule has 0 amide bonds. The van der Waals surface area contributed by atoms with Crippen molar-refractivity contribution in [3.05, 3.63) is 0 Å². The van der Waals surface area contributed by atoms with Crippen molar-refractivity contribution in [2.45, 2.75) is 85.6 Å². The van der Waals surface area contributed by atoms with Crippen LogP contribution in [0.2, 0.25) is 0 Å². The molecule has 0 bridgehead atoms. The molecule has 2 heteroatoms. The van der Waals surface area contributed by atoms with Gasteiger partial charge < -0.3 is 5.73 Å². The van der Waals surface area contributed by atoms with Crippen molar-refractivity contribution < 1.29 is 0 Å². The third-order valence-corrected chi connectivity index (χ3v) is 5.54. The van der Waals surface area contributed by atoms with Crippen LogP contribution in [-0.4, -0.2) is 30.1 Å². The van der Waals surface area contributed by atoms with Crippen molar-refractivity contribution in [2.75, 3.05) is 19.6 Å². The van der Waals surface area contributed by atoms with E-state index in [1.807, 2.05) is 0 Å². The Morgan fingerprint density at radius 3 is 1.62 bits per heavy atom. The van der Waals surface area contributed by atoms with E-state index in [0.717, 1.165) is 18.4 Å². The van der Waals surface area contributed by atoms with Crippen molar-refractivity contribution in [2.24, 2.45) is 23.0 Å². The third-order valence-electron chi connectivity index (χ3n) is 5.54. The van der Waals surface area contributed by atoms with Crippen LogP contribution < -0.4 is 5.73 Å². The highest BCUT2D eigenvalue weighted by Gasteiger charge is 2.41. The summed E-state index contributed by atoms with van der Waals surface area (Å²) in [4.78, 5) is 2.77. The molecule has 2 nitrogen and oxygen atoms in total. The van der Waals surface area contributed by atoms with Gasteiger partial charge in [0.05, 0.1) is 0 Å². The highest BCUT2D eigenvalue weighted by Crippen LogP contribution is 2.42. The number of hydrogen-bond donors (Lipinski definition) is 1. The minimum absolute atomic E-state index is 0.277. The van der Waals surface area contributed by atoms with Gasteiger partial charge in [-0.2, -0.15) is 0 Å². The highest BCUT2D eigenvalue weighted by atomic mass is 15.2. The van der Waals surface area contributed by atoms with Crippen molar-refractivity contribution >= 4 is 0 Å². The molecule has 126 valence electrons. The third kappa shape index (κ3) is 5.90. The van der Waals surface area contributed by atoms with Gasteiger partial charge >= 0.3 is 0 Å². The summed E-state index contributed by atoms with van der Waals surface area (Å²) in [5.74, 6) is 1.56. The lowest BCUT2D eigenvalue weighted by Gasteiger charge is -2.50. The second-order valence-corrected chi connectivity index (χ2v) is 8.94. The maximum Gasteiger partial charge on any atom is 0.0332 e. The van der Waals surface area contributed by atoms with Crippen molar-refractivity contribution in [3.8, 4) is 0 Å². The molecule has 0 spiro atoms. The van der Waals surface area contributed by atoms with Gasteiger partial charge in [-0.3, -0.25) is 4.90 Å². The SMILES string of the molecule is CC(C)CCN(CCC(C)C)C1(CN)CCC(C)(C)CC1. The Morgan fingerprint density at radius 2 is 1.29 bits per heavy atom. The monoisotopic (exact) mass is 296 g/mol. The Morgan fingerprint density at radius 1 is 0.857 bits per heavy atom. The number of hydrogen-bond acceptors (Lipinski definition) is 2. The van der Waals surface area contributed by atoms with Crippen LogP contribution in [0.1, 0.15) is 80.1 Å². The lowest BCUT2D eigenvalue weighted by molar-refractivity contribution is 0.0170. The van der Waals surface area contributed by atoms with Gasteiger partial charge in [-0.15, -0.1) is 0 Å². The van der Waals surface area contributed by atoms with E-state index in [0.29, 0.717) is 5.41 Å². The summed E-state index contributed by atoms with van der Waals surface area (Å²) in [6.45, 7) is 17.4. The van der Waals surface area contributed by atoms with E-state index >= 15 is 0 Å². The first-order chi connectivity index (χ1) is 9.71. The van der Waals surface area contributed by atoms with Gasteiger partial charge in [0.2, 0.25) is 0 Å². The summed E-state index contributed by atoms with van der Waals surface area (Å²) in [6, 6.07) is 0. The van der Waals surface area contributed by atoms with Crippen LogP contribution in [0.25, 0.3) is 0 Å². The average molecular weight is 297 g/mol. The maximum atomic E-state index is 6.30. The zero-order chi connectivity index (χ0) is 16.1. The Labute approximate surface area is 133 Å². The Kier molecular flexibility index (Phi) is 7.19. The van der Waals surface area contributed by atoms with Crippen LogP contribution in [0.4, 0.5) is 0 Å². The fraction of sp³-hybridized carbons (Fsp3) is 1.00. The van der Waals surface area contributed by atoms with E-state index in [1.165, 1.54) is 51.6 Å². The zero-order valence-corrected chi connectivity index (χ0v) is 15.5. The molecule has 0 heterocycles. The predicted octanol–water partition coefficient (Wildman–Crippen LogP) is 4.68. The topological polar surface area (TPSA) is 29.3 Å². The molecule has 0 aromatic rings. The van der Waals surface area contributed by atoms with Gasteiger partial charge in [-0.05, 0) is 68.9 Å². The van der Waals surface area contributed by atoms with Crippen molar-refractivity contribution in [1.82, 2.24) is 4.90 Å². The molecular weight excluding hydrogens is 256 g/mol. The molecule has 1 aliphatic rings. The maximum absolute atomic E-state index is 6.30. The van der Waals surface area contributed by atoms with Crippen molar-refractivity contribution in [1.29, 1.82) is 0 Å². The molecule has 21 heavy (non-hydrogen) atoms. The summed E-state index contributed by atoms with van der Waals surface area (Å²) >= 11 is 0. The second-order valence-electron chi connectivity index (χ2n) is 8.94. The first-order valence-electron chi connectivity index (χ1n) is 9.16. The van der Waals surface area contributed by atoms with Gasteiger partial charge in [-0.1, -0.05) is 41.5 Å². The molecule has 0 aromatic heterocycles. The minimum atomic E-state index is 0.277. The first-order valence-corrected chi connectivity index (χ1v) is 9.16. The molecule has 0 atom stereocenters. The van der Waals surface area contributed by atoms with Gasteiger partial charge in [-0.25, -0.2) is 0 Å². The van der Waals surface area contributed by atoms with Gasteiger partial charge in [0.15, 0.2) is 0 Å². The summed E-state index contributed by atoms with van der Waals surface area (Å²) < 4.78 is 0. The van der Waals surface area contributed by atoms with Crippen LogP contribution >= 0.6 is 0 Å². The van der Waals surface area contributed by atoms with Crippen LogP contribution in [0.3, 0.4) is 0 Å². The van der Waals surface area contributed by atoms with Crippen LogP contribution in [0.15, 0.2) is 0 Å². The van der Waals surface area contributed by atoms with Crippen LogP contribution in [-0.2, 0) is 0 Å². The second kappa shape index (κ2) is 7.97. The minimum Gasteiger partial charge on any atom is -0.329 e. The standard InChI is InChI=1S/C19H40N2/c1-16(2)7-13-21(14-8-17(3)4)19(15-20)11-9-18(5,6)10-12-19/h16-17H,7-15,20H2,1-6H3. The Bertz CT molecular complexity index is 272. The zero-order valence-electron chi connectivity index (χ0n) is 15.5. The summed E-state index contributed by atoms with van der Waals surface area (Å²) in [7, 11) is 0. The average Bonchev–Trinajstić information content (AvgIpc) is 2.39. The lowest BCUT2D eigenvalue weighted by atomic mass is 9.68. The Balaban J connectivity index is 2.76. The van der Waals surface area contributed by atoms with Crippen molar-refractivity contribution in [3.63, 3.8) is 0 Å². The van der Waals surface area contributed by atoms with E-state index in [9.17, 15) is 0 Å². The molecule has 1 rings (SSSR count). The van der Waals surface area contributed by atoms with Gasteiger partial charge in [0, 0.05) is 12.1 Å². The molecule has 1 fully saturated rings. The molecule has 0 aromatic carbocycles. The Hall–Kier alpha value is -0.0800. The molecule has 0 aliphatic heterocycles. The first kappa shape index (κ1) is 19.0. The van der Waals surface area contributed by atoms with E-state index in [-0.39, 0.29) is 5.54 Å². The van der Waals surface area contributed by atoms with Crippen LogP contribution in [0.5, 0.6) is 0 Å². The van der Waals surface area contributed by atoms with Gasteiger partial charge in [0.1, 0.15) is 0 Å². The predicted molar refractivity (Wildman–Crippen MR) is 94.5 cm³/mol. The lowest BCUT2D eigenvalue weighted by Crippen LogP contribution is -2.57. The molecule has 0 unspecified atom stereocenters. The smallest absolute Gasteiger partial charge is 0.0332 e. The molecule has 0 saturated heterocycles. The number of nitrogens with zero attached hydrogens (tertiary/aromatic N) is 1. The molecule has 1 saturated carbocycles. The molecular formula is C19H40N2. The van der Waals surface area contributed by atoms with E-state index in [2.05, 4.69) is 46.4 Å². The quantitative estimate of drug-likeness (QED) is 0.705. The van der Waals surface area contributed by atoms with Gasteiger partial charge in [0.25, 0.3) is 0 Å².